The van der Waals surface area contributed by atoms with Crippen molar-refractivity contribution in [3.05, 3.63) is 23.5 Å². The van der Waals surface area contributed by atoms with Crippen molar-refractivity contribution in [2.24, 2.45) is 5.92 Å². The van der Waals surface area contributed by atoms with Gasteiger partial charge < -0.3 is 11.1 Å². The van der Waals surface area contributed by atoms with Crippen LogP contribution in [0.1, 0.15) is 36.3 Å². The topological polar surface area (TPSA) is 68.0 Å². The summed E-state index contributed by atoms with van der Waals surface area (Å²) in [5, 5.41) is 2.88. The van der Waals surface area contributed by atoms with Crippen LogP contribution in [0.2, 0.25) is 0 Å². The first kappa shape index (κ1) is 12.5. The molecule has 3 N–H and O–H groups in total. The van der Waals surface area contributed by atoms with Crippen LogP contribution in [0.15, 0.2) is 12.3 Å². The maximum Gasteiger partial charge on any atom is 0.253 e. The van der Waals surface area contributed by atoms with Gasteiger partial charge in [-0.05, 0) is 18.9 Å². The number of nitrogen functional groups attached to an aromatic ring is 1. The average Bonchev–Trinajstić information content (AvgIpc) is 2.28. The van der Waals surface area contributed by atoms with E-state index in [1.54, 1.807) is 19.2 Å². The molecule has 1 heterocycles. The molecule has 1 rings (SSSR count). The van der Waals surface area contributed by atoms with Gasteiger partial charge in [0.15, 0.2) is 0 Å². The SMILES string of the molecule is CCC(C)CNC(=O)c1cc(N)cnc1C. The first-order valence-corrected chi connectivity index (χ1v) is 5.55. The summed E-state index contributed by atoms with van der Waals surface area (Å²) >= 11 is 0. The van der Waals surface area contributed by atoms with Gasteiger partial charge >= 0.3 is 0 Å². The lowest BCUT2D eigenvalue weighted by atomic mass is 10.1. The quantitative estimate of drug-likeness (QED) is 0.813. The number of carbonyl (C=O) groups excluding carboxylic acids is 1. The molecular formula is C12H19N3O. The van der Waals surface area contributed by atoms with Crippen molar-refractivity contribution in [2.75, 3.05) is 12.3 Å². The summed E-state index contributed by atoms with van der Waals surface area (Å²) in [5.74, 6) is 0.385. The number of hydrogen-bond acceptors (Lipinski definition) is 3. The predicted molar refractivity (Wildman–Crippen MR) is 65.2 cm³/mol. The fourth-order valence-electron chi connectivity index (χ4n) is 1.29. The van der Waals surface area contributed by atoms with Gasteiger partial charge in [0.25, 0.3) is 5.91 Å². The number of hydrogen-bond donors (Lipinski definition) is 2. The Balaban J connectivity index is 2.69. The number of carbonyl (C=O) groups is 1. The van der Waals surface area contributed by atoms with Crippen molar-refractivity contribution in [1.82, 2.24) is 10.3 Å². The summed E-state index contributed by atoms with van der Waals surface area (Å²) in [5.41, 5.74) is 7.38. The number of aromatic nitrogens is 1. The minimum Gasteiger partial charge on any atom is -0.397 e. The van der Waals surface area contributed by atoms with Crippen molar-refractivity contribution in [3.63, 3.8) is 0 Å². The molecule has 0 fully saturated rings. The van der Waals surface area contributed by atoms with Crippen molar-refractivity contribution in [3.8, 4) is 0 Å². The van der Waals surface area contributed by atoms with Gasteiger partial charge in [0.2, 0.25) is 0 Å². The molecule has 1 amide bonds. The lowest BCUT2D eigenvalue weighted by molar-refractivity contribution is 0.0947. The van der Waals surface area contributed by atoms with Crippen molar-refractivity contribution in [1.29, 1.82) is 0 Å². The Bertz CT molecular complexity index is 377. The van der Waals surface area contributed by atoms with Crippen LogP contribution in [0, 0.1) is 12.8 Å². The number of nitrogens with two attached hydrogens (primary N) is 1. The maximum absolute atomic E-state index is 11.8. The van der Waals surface area contributed by atoms with Crippen LogP contribution in [0.3, 0.4) is 0 Å². The first-order valence-electron chi connectivity index (χ1n) is 5.55. The molecule has 0 saturated heterocycles. The predicted octanol–water partition coefficient (Wildman–Crippen LogP) is 1.75. The summed E-state index contributed by atoms with van der Waals surface area (Å²) in [6, 6.07) is 1.66. The van der Waals surface area contributed by atoms with Crippen molar-refractivity contribution < 1.29 is 4.79 Å². The number of anilines is 1. The molecule has 0 saturated carbocycles. The summed E-state index contributed by atoms with van der Waals surface area (Å²) in [4.78, 5) is 15.9. The zero-order chi connectivity index (χ0) is 12.1. The molecule has 0 spiro atoms. The molecule has 0 radical (unpaired) electrons. The van der Waals surface area contributed by atoms with Crippen molar-refractivity contribution >= 4 is 11.6 Å². The van der Waals surface area contributed by atoms with Crippen LogP contribution in [-0.2, 0) is 0 Å². The van der Waals surface area contributed by atoms with E-state index in [1.807, 2.05) is 0 Å². The largest absolute Gasteiger partial charge is 0.397 e. The second-order valence-electron chi connectivity index (χ2n) is 4.13. The summed E-state index contributed by atoms with van der Waals surface area (Å²) < 4.78 is 0. The standard InChI is InChI=1S/C12H19N3O/c1-4-8(2)6-15-12(16)11-5-10(13)7-14-9(11)3/h5,7-8H,4,6,13H2,1-3H3,(H,15,16). The lowest BCUT2D eigenvalue weighted by Crippen LogP contribution is -2.28. The van der Waals surface area contributed by atoms with Crippen LogP contribution in [0.4, 0.5) is 5.69 Å². The Morgan fingerprint density at radius 1 is 1.62 bits per heavy atom. The third-order valence-corrected chi connectivity index (χ3v) is 2.66. The Morgan fingerprint density at radius 3 is 2.94 bits per heavy atom. The van der Waals surface area contributed by atoms with Gasteiger partial charge in [-0.1, -0.05) is 20.3 Å². The fourth-order valence-corrected chi connectivity index (χ4v) is 1.29. The van der Waals surface area contributed by atoms with E-state index in [1.165, 1.54) is 0 Å². The molecule has 1 aromatic heterocycles. The Labute approximate surface area is 96.3 Å². The number of nitrogens with one attached hydrogen (secondary N) is 1. The van der Waals surface area contributed by atoms with E-state index < -0.39 is 0 Å². The minimum absolute atomic E-state index is 0.0994. The summed E-state index contributed by atoms with van der Waals surface area (Å²) in [6.45, 7) is 6.69. The molecule has 0 bridgehead atoms. The first-order chi connectivity index (χ1) is 7.54. The zero-order valence-electron chi connectivity index (χ0n) is 10.1. The zero-order valence-corrected chi connectivity index (χ0v) is 10.1. The van der Waals surface area contributed by atoms with Gasteiger partial charge in [-0.25, -0.2) is 0 Å². The normalized spacial score (nSPS) is 12.2. The molecule has 1 aromatic rings. The van der Waals surface area contributed by atoms with E-state index >= 15 is 0 Å². The van der Waals surface area contributed by atoms with E-state index in [2.05, 4.69) is 24.1 Å². The van der Waals surface area contributed by atoms with E-state index in [4.69, 9.17) is 5.73 Å². The average molecular weight is 221 g/mol. The van der Waals surface area contributed by atoms with Gasteiger partial charge in [0.05, 0.1) is 23.1 Å². The molecule has 0 aliphatic heterocycles. The molecule has 0 aromatic carbocycles. The highest BCUT2D eigenvalue weighted by Gasteiger charge is 2.10. The number of pyridine rings is 1. The van der Waals surface area contributed by atoms with E-state index in [9.17, 15) is 4.79 Å². The van der Waals surface area contributed by atoms with Gasteiger partial charge in [0, 0.05) is 6.54 Å². The fraction of sp³-hybridized carbons (Fsp3) is 0.500. The molecule has 16 heavy (non-hydrogen) atoms. The lowest BCUT2D eigenvalue weighted by Gasteiger charge is -2.11. The molecule has 88 valence electrons. The molecule has 4 heteroatoms. The number of nitrogens with zero attached hydrogens (tertiary/aromatic N) is 1. The highest BCUT2D eigenvalue weighted by molar-refractivity contribution is 5.95. The number of aryl methyl sites for hydroxylation is 1. The smallest absolute Gasteiger partial charge is 0.253 e. The van der Waals surface area contributed by atoms with Gasteiger partial charge in [-0.3, -0.25) is 9.78 Å². The minimum atomic E-state index is -0.0994. The van der Waals surface area contributed by atoms with Gasteiger partial charge in [-0.2, -0.15) is 0 Å². The number of amides is 1. The maximum atomic E-state index is 11.8. The van der Waals surface area contributed by atoms with Crippen LogP contribution < -0.4 is 11.1 Å². The van der Waals surface area contributed by atoms with Crippen LogP contribution >= 0.6 is 0 Å². The van der Waals surface area contributed by atoms with Crippen LogP contribution in [0.25, 0.3) is 0 Å². The molecule has 0 aliphatic rings. The molecule has 0 aliphatic carbocycles. The Morgan fingerprint density at radius 2 is 2.31 bits per heavy atom. The highest BCUT2D eigenvalue weighted by atomic mass is 16.1. The van der Waals surface area contributed by atoms with Gasteiger partial charge in [0.1, 0.15) is 0 Å². The molecular weight excluding hydrogens is 202 g/mol. The summed E-state index contributed by atoms with van der Waals surface area (Å²) in [6.07, 6.45) is 2.61. The molecule has 1 atom stereocenters. The Hall–Kier alpha value is -1.58. The van der Waals surface area contributed by atoms with Crippen molar-refractivity contribution in [2.45, 2.75) is 27.2 Å². The second-order valence-corrected chi connectivity index (χ2v) is 4.13. The monoisotopic (exact) mass is 221 g/mol. The van der Waals surface area contributed by atoms with E-state index in [-0.39, 0.29) is 5.91 Å². The van der Waals surface area contributed by atoms with E-state index in [0.29, 0.717) is 29.4 Å². The van der Waals surface area contributed by atoms with Crippen LogP contribution in [-0.4, -0.2) is 17.4 Å². The highest BCUT2D eigenvalue weighted by Crippen LogP contribution is 2.09. The molecule has 4 nitrogen and oxygen atoms in total. The van der Waals surface area contributed by atoms with Gasteiger partial charge in [-0.15, -0.1) is 0 Å². The second kappa shape index (κ2) is 5.49. The number of rotatable bonds is 4. The molecule has 1 unspecified atom stereocenters. The summed E-state index contributed by atoms with van der Waals surface area (Å²) in [7, 11) is 0. The third kappa shape index (κ3) is 3.22. The van der Waals surface area contributed by atoms with E-state index in [0.717, 1.165) is 6.42 Å². The Kier molecular flexibility index (Phi) is 4.28. The van der Waals surface area contributed by atoms with Crippen LogP contribution in [0.5, 0.6) is 0 Å². The third-order valence-electron chi connectivity index (χ3n) is 2.66.